The van der Waals surface area contributed by atoms with Crippen LogP contribution < -0.4 is 5.73 Å². The molecule has 0 fully saturated rings. The summed E-state index contributed by atoms with van der Waals surface area (Å²) in [6.45, 7) is 1.93. The minimum atomic E-state index is -4.13. The average molecular weight is 291 g/mol. The third-order valence-corrected chi connectivity index (χ3v) is 3.97. The van der Waals surface area contributed by atoms with Gasteiger partial charge in [-0.05, 0) is 42.2 Å². The maximum atomic E-state index is 11.0. The highest BCUT2D eigenvalue weighted by molar-refractivity contribution is 7.85. The molecular weight excluding hydrogens is 274 g/mol. The molecule has 4 nitrogen and oxygen atoms in total. The molecule has 1 atom stereocenters. The molecular formula is C15H17NO3S. The molecule has 20 heavy (non-hydrogen) atoms. The van der Waals surface area contributed by atoms with E-state index in [0.29, 0.717) is 6.42 Å². The van der Waals surface area contributed by atoms with Crippen LogP contribution in [-0.2, 0) is 16.5 Å². The monoisotopic (exact) mass is 291 g/mol. The maximum Gasteiger partial charge on any atom is 0.294 e. The van der Waals surface area contributed by atoms with Crippen molar-refractivity contribution in [2.24, 2.45) is 5.73 Å². The highest BCUT2D eigenvalue weighted by Crippen LogP contribution is 2.17. The summed E-state index contributed by atoms with van der Waals surface area (Å²) in [5, 5.41) is 0. The molecule has 0 saturated heterocycles. The summed E-state index contributed by atoms with van der Waals surface area (Å²) in [6.07, 6.45) is 0.687. The SMILES string of the molecule is C[C@@H](N)c1cccc(Cc2ccc(S(=O)(=O)O)cc2)c1. The molecule has 5 heteroatoms. The summed E-state index contributed by atoms with van der Waals surface area (Å²) < 4.78 is 30.9. The van der Waals surface area contributed by atoms with Gasteiger partial charge in [-0.1, -0.05) is 36.4 Å². The summed E-state index contributed by atoms with van der Waals surface area (Å²) in [7, 11) is -4.13. The molecule has 0 saturated carbocycles. The van der Waals surface area contributed by atoms with Crippen molar-refractivity contribution in [2.45, 2.75) is 24.3 Å². The summed E-state index contributed by atoms with van der Waals surface area (Å²) in [5.74, 6) is 0. The van der Waals surface area contributed by atoms with E-state index in [4.69, 9.17) is 10.3 Å². The van der Waals surface area contributed by atoms with Crippen LogP contribution in [0.25, 0.3) is 0 Å². The van der Waals surface area contributed by atoms with Crippen LogP contribution in [-0.4, -0.2) is 13.0 Å². The summed E-state index contributed by atoms with van der Waals surface area (Å²) in [5.41, 5.74) is 9.00. The molecule has 0 bridgehead atoms. The fourth-order valence-corrected chi connectivity index (χ4v) is 2.48. The van der Waals surface area contributed by atoms with Crippen LogP contribution in [0.2, 0.25) is 0 Å². The Bertz CT molecular complexity index is 691. The summed E-state index contributed by atoms with van der Waals surface area (Å²) in [6, 6.07) is 14.2. The first-order valence-electron chi connectivity index (χ1n) is 6.27. The van der Waals surface area contributed by atoms with Gasteiger partial charge in [-0.15, -0.1) is 0 Å². The van der Waals surface area contributed by atoms with E-state index in [-0.39, 0.29) is 10.9 Å². The second-order valence-corrected chi connectivity index (χ2v) is 6.25. The van der Waals surface area contributed by atoms with Gasteiger partial charge in [0.25, 0.3) is 10.1 Å². The molecule has 0 aliphatic heterocycles. The van der Waals surface area contributed by atoms with Crippen LogP contribution in [0, 0.1) is 0 Å². The Morgan fingerprint density at radius 1 is 1.10 bits per heavy atom. The Morgan fingerprint density at radius 2 is 1.75 bits per heavy atom. The molecule has 2 aromatic carbocycles. The molecule has 0 aliphatic carbocycles. The predicted octanol–water partition coefficient (Wildman–Crippen LogP) is 2.54. The van der Waals surface area contributed by atoms with E-state index in [9.17, 15) is 8.42 Å². The molecule has 0 heterocycles. The largest absolute Gasteiger partial charge is 0.324 e. The standard InChI is InChI=1S/C15H17NO3S/c1-11(16)14-4-2-3-13(10-14)9-12-5-7-15(8-6-12)20(17,18)19/h2-8,10-11H,9,16H2,1H3,(H,17,18,19)/t11-/m1/s1. The number of hydrogen-bond donors (Lipinski definition) is 2. The molecule has 0 spiro atoms. The van der Waals surface area contributed by atoms with Crippen molar-refractivity contribution < 1.29 is 13.0 Å². The predicted molar refractivity (Wildman–Crippen MR) is 78.1 cm³/mol. The lowest BCUT2D eigenvalue weighted by Crippen LogP contribution is -2.05. The quantitative estimate of drug-likeness (QED) is 0.848. The molecule has 2 rings (SSSR count). The Labute approximate surface area is 119 Å². The van der Waals surface area contributed by atoms with Crippen molar-refractivity contribution in [2.75, 3.05) is 0 Å². The number of rotatable bonds is 4. The van der Waals surface area contributed by atoms with Gasteiger partial charge in [0.2, 0.25) is 0 Å². The Morgan fingerprint density at radius 3 is 2.30 bits per heavy atom. The van der Waals surface area contributed by atoms with Gasteiger partial charge in [0.05, 0.1) is 4.90 Å². The molecule has 3 N–H and O–H groups in total. The van der Waals surface area contributed by atoms with E-state index in [1.165, 1.54) is 12.1 Å². The van der Waals surface area contributed by atoms with Gasteiger partial charge in [0.1, 0.15) is 0 Å². The number of benzene rings is 2. The lowest BCUT2D eigenvalue weighted by atomic mass is 10.0. The van der Waals surface area contributed by atoms with E-state index in [1.807, 2.05) is 31.2 Å². The van der Waals surface area contributed by atoms with Crippen LogP contribution in [0.3, 0.4) is 0 Å². The topological polar surface area (TPSA) is 80.4 Å². The van der Waals surface area contributed by atoms with Crippen LogP contribution in [0.4, 0.5) is 0 Å². The highest BCUT2D eigenvalue weighted by Gasteiger charge is 2.08. The van der Waals surface area contributed by atoms with E-state index < -0.39 is 10.1 Å². The van der Waals surface area contributed by atoms with Crippen LogP contribution >= 0.6 is 0 Å². The summed E-state index contributed by atoms with van der Waals surface area (Å²) >= 11 is 0. The molecule has 0 amide bonds. The van der Waals surface area contributed by atoms with E-state index in [2.05, 4.69) is 0 Å². The van der Waals surface area contributed by atoms with Crippen LogP contribution in [0.15, 0.2) is 53.4 Å². The van der Waals surface area contributed by atoms with E-state index in [1.54, 1.807) is 12.1 Å². The molecule has 0 aromatic heterocycles. The number of nitrogens with two attached hydrogens (primary N) is 1. The van der Waals surface area contributed by atoms with Gasteiger partial charge < -0.3 is 5.73 Å². The summed E-state index contributed by atoms with van der Waals surface area (Å²) in [4.78, 5) is -0.0921. The first kappa shape index (κ1) is 14.7. The Kier molecular flexibility index (Phi) is 4.23. The zero-order valence-corrected chi connectivity index (χ0v) is 12.0. The smallest absolute Gasteiger partial charge is 0.294 e. The first-order chi connectivity index (χ1) is 9.36. The zero-order chi connectivity index (χ0) is 14.8. The van der Waals surface area contributed by atoms with Gasteiger partial charge >= 0.3 is 0 Å². The van der Waals surface area contributed by atoms with E-state index in [0.717, 1.165) is 16.7 Å². The van der Waals surface area contributed by atoms with Crippen molar-refractivity contribution >= 4 is 10.1 Å². The molecule has 106 valence electrons. The van der Waals surface area contributed by atoms with E-state index >= 15 is 0 Å². The van der Waals surface area contributed by atoms with Crippen molar-refractivity contribution in [1.82, 2.24) is 0 Å². The second-order valence-electron chi connectivity index (χ2n) is 4.83. The van der Waals surface area contributed by atoms with Gasteiger partial charge in [-0.3, -0.25) is 4.55 Å². The third-order valence-electron chi connectivity index (χ3n) is 3.11. The van der Waals surface area contributed by atoms with Crippen molar-refractivity contribution in [1.29, 1.82) is 0 Å². The molecule has 2 aromatic rings. The third kappa shape index (κ3) is 3.66. The van der Waals surface area contributed by atoms with Gasteiger partial charge in [0, 0.05) is 6.04 Å². The van der Waals surface area contributed by atoms with Crippen molar-refractivity contribution in [3.8, 4) is 0 Å². The number of hydrogen-bond acceptors (Lipinski definition) is 3. The molecule has 0 aliphatic rings. The minimum Gasteiger partial charge on any atom is -0.324 e. The second kappa shape index (κ2) is 5.75. The fourth-order valence-electron chi connectivity index (χ4n) is 2.00. The van der Waals surface area contributed by atoms with Crippen molar-refractivity contribution in [3.05, 3.63) is 65.2 Å². The van der Waals surface area contributed by atoms with Crippen LogP contribution in [0.5, 0.6) is 0 Å². The molecule has 0 radical (unpaired) electrons. The Hall–Kier alpha value is -1.69. The molecule has 0 unspecified atom stereocenters. The highest BCUT2D eigenvalue weighted by atomic mass is 32.2. The lowest BCUT2D eigenvalue weighted by Gasteiger charge is -2.08. The van der Waals surface area contributed by atoms with Gasteiger partial charge in [-0.25, -0.2) is 0 Å². The van der Waals surface area contributed by atoms with Crippen molar-refractivity contribution in [3.63, 3.8) is 0 Å². The normalized spacial score (nSPS) is 13.2. The average Bonchev–Trinajstić information content (AvgIpc) is 2.38. The Balaban J connectivity index is 2.20. The van der Waals surface area contributed by atoms with Gasteiger partial charge in [-0.2, -0.15) is 8.42 Å². The first-order valence-corrected chi connectivity index (χ1v) is 7.71. The van der Waals surface area contributed by atoms with Gasteiger partial charge in [0.15, 0.2) is 0 Å². The fraction of sp³-hybridized carbons (Fsp3) is 0.200. The maximum absolute atomic E-state index is 11.0. The minimum absolute atomic E-state index is 0.0168. The lowest BCUT2D eigenvalue weighted by molar-refractivity contribution is 0.483. The zero-order valence-electron chi connectivity index (χ0n) is 11.2. The van der Waals surface area contributed by atoms with Crippen LogP contribution in [0.1, 0.15) is 29.7 Å².